The molecule has 0 unspecified atom stereocenters. The van der Waals surface area contributed by atoms with Crippen LogP contribution in [0.3, 0.4) is 0 Å². The summed E-state index contributed by atoms with van der Waals surface area (Å²) in [6.45, 7) is 0. The monoisotopic (exact) mass is 297 g/mol. The number of esters is 1. The van der Waals surface area contributed by atoms with Gasteiger partial charge in [-0.3, -0.25) is 0 Å². The van der Waals surface area contributed by atoms with Crippen LogP contribution < -0.4 is 4.74 Å². The molecule has 0 atom stereocenters. The molecule has 1 fully saturated rings. The molecule has 1 heterocycles. The molecule has 0 aliphatic heterocycles. The van der Waals surface area contributed by atoms with Crippen molar-refractivity contribution in [3.63, 3.8) is 0 Å². The van der Waals surface area contributed by atoms with Crippen molar-refractivity contribution in [2.75, 3.05) is 0 Å². The Hall–Kier alpha value is -2.31. The van der Waals surface area contributed by atoms with Gasteiger partial charge in [-0.1, -0.05) is 11.2 Å². The number of hydrogen-bond donors (Lipinski definition) is 0. The van der Waals surface area contributed by atoms with Crippen molar-refractivity contribution in [3.8, 4) is 5.75 Å². The van der Waals surface area contributed by atoms with Crippen LogP contribution in [0.25, 0.3) is 0 Å². The molecule has 0 amide bonds. The number of ether oxygens (including phenoxy) is 1. The second-order valence-corrected chi connectivity index (χ2v) is 4.83. The standard InChI is InChI=1S/C14H10F3NO3/c15-14(16,17)11-4-3-9(8-1-2-8)5-12(11)21-13(19)10-6-18-20-7-10/h3-8H,1-2H2. The van der Waals surface area contributed by atoms with Crippen molar-refractivity contribution < 1.29 is 27.2 Å². The van der Waals surface area contributed by atoms with Crippen LogP contribution in [-0.4, -0.2) is 11.1 Å². The third-order valence-corrected chi connectivity index (χ3v) is 3.23. The van der Waals surface area contributed by atoms with Gasteiger partial charge in [0, 0.05) is 0 Å². The molecule has 0 saturated heterocycles. The van der Waals surface area contributed by atoms with Crippen LogP contribution in [0.15, 0.2) is 35.2 Å². The summed E-state index contributed by atoms with van der Waals surface area (Å²) in [6, 6.07) is 3.66. The molecular weight excluding hydrogens is 287 g/mol. The van der Waals surface area contributed by atoms with Crippen molar-refractivity contribution >= 4 is 5.97 Å². The summed E-state index contributed by atoms with van der Waals surface area (Å²) in [4.78, 5) is 11.8. The molecule has 1 aliphatic rings. The van der Waals surface area contributed by atoms with Gasteiger partial charge >= 0.3 is 12.1 Å². The average Bonchev–Trinajstić information content (AvgIpc) is 3.12. The Morgan fingerprint density at radius 1 is 1.33 bits per heavy atom. The Morgan fingerprint density at radius 2 is 2.10 bits per heavy atom. The van der Waals surface area contributed by atoms with Crippen molar-refractivity contribution in [2.24, 2.45) is 0 Å². The molecule has 1 saturated carbocycles. The van der Waals surface area contributed by atoms with E-state index in [1.54, 1.807) is 0 Å². The molecule has 1 aliphatic carbocycles. The van der Waals surface area contributed by atoms with Crippen molar-refractivity contribution in [1.29, 1.82) is 0 Å². The van der Waals surface area contributed by atoms with E-state index in [1.165, 1.54) is 12.1 Å². The van der Waals surface area contributed by atoms with Gasteiger partial charge in [-0.2, -0.15) is 13.2 Å². The zero-order valence-electron chi connectivity index (χ0n) is 10.7. The summed E-state index contributed by atoms with van der Waals surface area (Å²) in [6.07, 6.45) is -0.623. The molecule has 0 radical (unpaired) electrons. The second kappa shape index (κ2) is 4.91. The summed E-state index contributed by atoms with van der Waals surface area (Å²) in [5.74, 6) is -1.17. The average molecular weight is 297 g/mol. The number of hydrogen-bond acceptors (Lipinski definition) is 4. The van der Waals surface area contributed by atoms with Crippen LogP contribution in [0.1, 0.15) is 40.2 Å². The van der Waals surface area contributed by atoms with Crippen molar-refractivity contribution in [3.05, 3.63) is 47.3 Å². The highest BCUT2D eigenvalue weighted by molar-refractivity contribution is 5.90. The first-order chi connectivity index (χ1) is 9.95. The highest BCUT2D eigenvalue weighted by Gasteiger charge is 2.36. The first kappa shape index (κ1) is 13.7. The predicted octanol–water partition coefficient (Wildman–Crippen LogP) is 3.79. The van der Waals surface area contributed by atoms with Gasteiger partial charge in [-0.05, 0) is 36.5 Å². The number of rotatable bonds is 3. The van der Waals surface area contributed by atoms with Gasteiger partial charge in [0.1, 0.15) is 17.6 Å². The molecule has 7 heteroatoms. The summed E-state index contributed by atoms with van der Waals surface area (Å²) < 4.78 is 48.2. The number of carbonyl (C=O) groups excluding carboxylic acids is 1. The minimum absolute atomic E-state index is 0.0417. The number of alkyl halides is 3. The Kier molecular flexibility index (Phi) is 3.19. The molecule has 110 valence electrons. The van der Waals surface area contributed by atoms with Crippen LogP contribution in [0.5, 0.6) is 5.75 Å². The molecule has 3 rings (SSSR count). The van der Waals surface area contributed by atoms with E-state index < -0.39 is 23.5 Å². The molecule has 1 aromatic carbocycles. The van der Waals surface area contributed by atoms with E-state index in [0.717, 1.165) is 36.9 Å². The molecule has 1 aromatic heterocycles. The Labute approximate surface area is 117 Å². The minimum Gasteiger partial charge on any atom is -0.422 e. The maximum absolute atomic E-state index is 13.0. The number of aromatic nitrogens is 1. The van der Waals surface area contributed by atoms with Gasteiger partial charge < -0.3 is 9.26 Å². The topological polar surface area (TPSA) is 52.3 Å². The Morgan fingerprint density at radius 3 is 2.67 bits per heavy atom. The summed E-state index contributed by atoms with van der Waals surface area (Å²) >= 11 is 0. The van der Waals surface area contributed by atoms with Gasteiger partial charge in [-0.25, -0.2) is 4.79 Å². The maximum Gasteiger partial charge on any atom is 0.419 e. The number of carbonyl (C=O) groups is 1. The minimum atomic E-state index is -4.59. The lowest BCUT2D eigenvalue weighted by molar-refractivity contribution is -0.138. The highest BCUT2D eigenvalue weighted by Crippen LogP contribution is 2.44. The fourth-order valence-corrected chi connectivity index (χ4v) is 1.99. The van der Waals surface area contributed by atoms with Crippen LogP contribution in [0.4, 0.5) is 13.2 Å². The summed E-state index contributed by atoms with van der Waals surface area (Å²) in [5, 5.41) is 3.31. The molecule has 21 heavy (non-hydrogen) atoms. The highest BCUT2D eigenvalue weighted by atomic mass is 19.4. The zero-order chi connectivity index (χ0) is 15.0. The van der Waals surface area contributed by atoms with Crippen LogP contribution in [0.2, 0.25) is 0 Å². The van der Waals surface area contributed by atoms with E-state index in [2.05, 4.69) is 9.68 Å². The van der Waals surface area contributed by atoms with E-state index in [4.69, 9.17) is 4.74 Å². The molecule has 4 nitrogen and oxygen atoms in total. The van der Waals surface area contributed by atoms with Crippen molar-refractivity contribution in [2.45, 2.75) is 24.9 Å². The fraction of sp³-hybridized carbons (Fsp3) is 0.286. The van der Waals surface area contributed by atoms with Gasteiger partial charge in [0.25, 0.3) is 0 Å². The normalized spacial score (nSPS) is 15.0. The smallest absolute Gasteiger partial charge is 0.419 e. The van der Waals surface area contributed by atoms with Crippen molar-refractivity contribution in [1.82, 2.24) is 5.16 Å². The lowest BCUT2D eigenvalue weighted by Crippen LogP contribution is -2.13. The van der Waals surface area contributed by atoms with Gasteiger partial charge in [0.15, 0.2) is 0 Å². The van der Waals surface area contributed by atoms with E-state index in [-0.39, 0.29) is 11.5 Å². The van der Waals surface area contributed by atoms with E-state index in [1.807, 2.05) is 0 Å². The molecule has 2 aromatic rings. The largest absolute Gasteiger partial charge is 0.422 e. The number of nitrogens with zero attached hydrogens (tertiary/aromatic N) is 1. The summed E-state index contributed by atoms with van der Waals surface area (Å²) in [5.41, 5.74) is -0.271. The lowest BCUT2D eigenvalue weighted by atomic mass is 10.1. The third-order valence-electron chi connectivity index (χ3n) is 3.23. The lowest BCUT2D eigenvalue weighted by Gasteiger charge is -2.13. The first-order valence-corrected chi connectivity index (χ1v) is 6.28. The Bertz CT molecular complexity index is 661. The maximum atomic E-state index is 13.0. The third kappa shape index (κ3) is 2.91. The quantitative estimate of drug-likeness (QED) is 0.639. The number of benzene rings is 1. The SMILES string of the molecule is O=C(Oc1cc(C2CC2)ccc1C(F)(F)F)c1cnoc1. The van der Waals surface area contributed by atoms with Gasteiger partial charge in [-0.15, -0.1) is 0 Å². The van der Waals surface area contributed by atoms with Crippen LogP contribution in [0, 0.1) is 0 Å². The summed E-state index contributed by atoms with van der Waals surface area (Å²) in [7, 11) is 0. The first-order valence-electron chi connectivity index (χ1n) is 6.28. The fourth-order valence-electron chi connectivity index (χ4n) is 1.99. The van der Waals surface area contributed by atoms with E-state index in [9.17, 15) is 18.0 Å². The predicted molar refractivity (Wildman–Crippen MR) is 64.9 cm³/mol. The Balaban J connectivity index is 1.94. The van der Waals surface area contributed by atoms with Gasteiger partial charge in [0.05, 0.1) is 11.8 Å². The number of halogens is 3. The zero-order valence-corrected chi connectivity index (χ0v) is 10.7. The van der Waals surface area contributed by atoms with Crippen LogP contribution >= 0.6 is 0 Å². The molecule has 0 bridgehead atoms. The molecule has 0 spiro atoms. The van der Waals surface area contributed by atoms with Gasteiger partial charge in [0.2, 0.25) is 0 Å². The molecule has 0 N–H and O–H groups in total. The molecular formula is C14H10F3NO3. The van der Waals surface area contributed by atoms with E-state index in [0.29, 0.717) is 0 Å². The second-order valence-electron chi connectivity index (χ2n) is 4.83. The van der Waals surface area contributed by atoms with E-state index >= 15 is 0 Å². The van der Waals surface area contributed by atoms with Crippen LogP contribution in [-0.2, 0) is 6.18 Å².